The maximum Gasteiger partial charge on any atom is 0.224 e. The Balaban J connectivity index is 1.58. The molecule has 3 rings (SSSR count). The molecule has 152 valence electrons. The van der Waals surface area contributed by atoms with Crippen molar-refractivity contribution in [2.24, 2.45) is 0 Å². The van der Waals surface area contributed by atoms with E-state index in [1.807, 2.05) is 49.4 Å². The van der Waals surface area contributed by atoms with E-state index in [1.165, 1.54) is 0 Å². The van der Waals surface area contributed by atoms with Gasteiger partial charge in [-0.3, -0.25) is 0 Å². The van der Waals surface area contributed by atoms with Crippen LogP contribution in [0.4, 0.5) is 17.5 Å². The fourth-order valence-electron chi connectivity index (χ4n) is 2.72. The second kappa shape index (κ2) is 10.6. The van der Waals surface area contributed by atoms with Gasteiger partial charge in [0.1, 0.15) is 17.3 Å². The smallest absolute Gasteiger partial charge is 0.224 e. The molecule has 6 nitrogen and oxygen atoms in total. The van der Waals surface area contributed by atoms with E-state index in [2.05, 4.69) is 20.6 Å². The molecule has 0 unspecified atom stereocenters. The minimum absolute atomic E-state index is 0.235. The summed E-state index contributed by atoms with van der Waals surface area (Å²) in [5.74, 6) is 2.79. The number of aromatic nitrogens is 2. The van der Waals surface area contributed by atoms with E-state index < -0.39 is 0 Å². The van der Waals surface area contributed by atoms with Crippen molar-refractivity contribution >= 4 is 29.1 Å². The van der Waals surface area contributed by atoms with Crippen LogP contribution in [0, 0.1) is 6.92 Å². The number of unbranched alkanes of at least 4 members (excludes halogenated alkanes) is 2. The summed E-state index contributed by atoms with van der Waals surface area (Å²) in [5.41, 5.74) is 1.78. The van der Waals surface area contributed by atoms with Crippen LogP contribution in [-0.2, 0) is 0 Å². The van der Waals surface area contributed by atoms with Gasteiger partial charge in [0.25, 0.3) is 0 Å². The van der Waals surface area contributed by atoms with Gasteiger partial charge in [-0.15, -0.1) is 0 Å². The topological polar surface area (TPSA) is 79.3 Å². The number of rotatable bonds is 10. The standard InChI is InChI=1S/C22H25ClN4O2/c1-16-15-21(27-22(25-16)24-13-3-2-4-14-28)26-18-7-11-20(12-8-18)29-19-9-5-17(23)6-10-19/h5-12,15,28H,2-4,13-14H2,1H3,(H2,24,25,26,27). The molecule has 0 spiro atoms. The maximum atomic E-state index is 8.83. The highest BCUT2D eigenvalue weighted by Crippen LogP contribution is 2.25. The Morgan fingerprint density at radius 2 is 1.62 bits per heavy atom. The van der Waals surface area contributed by atoms with E-state index in [-0.39, 0.29) is 6.61 Å². The third kappa shape index (κ3) is 6.93. The molecular weight excluding hydrogens is 388 g/mol. The Labute approximate surface area is 175 Å². The summed E-state index contributed by atoms with van der Waals surface area (Å²) in [6.07, 6.45) is 2.77. The molecule has 0 amide bonds. The monoisotopic (exact) mass is 412 g/mol. The van der Waals surface area contributed by atoms with Gasteiger partial charge in [0.2, 0.25) is 5.95 Å². The lowest BCUT2D eigenvalue weighted by Gasteiger charge is -2.11. The minimum atomic E-state index is 0.235. The quantitative estimate of drug-likeness (QED) is 0.379. The molecule has 0 bridgehead atoms. The minimum Gasteiger partial charge on any atom is -0.457 e. The molecule has 0 aliphatic carbocycles. The Bertz CT molecular complexity index is 902. The summed E-state index contributed by atoms with van der Waals surface area (Å²) in [6, 6.07) is 16.8. The van der Waals surface area contributed by atoms with Crippen LogP contribution in [0.2, 0.25) is 5.02 Å². The summed E-state index contributed by atoms with van der Waals surface area (Å²) < 4.78 is 5.81. The van der Waals surface area contributed by atoms with E-state index in [0.29, 0.717) is 11.0 Å². The number of ether oxygens (including phenoxy) is 1. The third-order valence-corrected chi connectivity index (χ3v) is 4.40. The fraction of sp³-hybridized carbons (Fsp3) is 0.273. The van der Waals surface area contributed by atoms with Crippen molar-refractivity contribution in [3.8, 4) is 11.5 Å². The zero-order valence-electron chi connectivity index (χ0n) is 16.4. The summed E-state index contributed by atoms with van der Waals surface area (Å²) in [4.78, 5) is 8.94. The van der Waals surface area contributed by atoms with Gasteiger partial charge >= 0.3 is 0 Å². The molecule has 1 aromatic heterocycles. The zero-order chi connectivity index (χ0) is 20.5. The van der Waals surface area contributed by atoms with Crippen LogP contribution in [0.1, 0.15) is 25.0 Å². The van der Waals surface area contributed by atoms with Gasteiger partial charge in [-0.25, -0.2) is 4.98 Å². The van der Waals surface area contributed by atoms with E-state index in [4.69, 9.17) is 21.4 Å². The average molecular weight is 413 g/mol. The van der Waals surface area contributed by atoms with Crippen LogP contribution in [0.5, 0.6) is 11.5 Å². The highest BCUT2D eigenvalue weighted by molar-refractivity contribution is 6.30. The Morgan fingerprint density at radius 1 is 0.931 bits per heavy atom. The number of benzene rings is 2. The number of nitrogens with one attached hydrogen (secondary N) is 2. The Kier molecular flexibility index (Phi) is 7.67. The van der Waals surface area contributed by atoms with Crippen LogP contribution < -0.4 is 15.4 Å². The number of anilines is 3. The van der Waals surface area contributed by atoms with Crippen molar-refractivity contribution in [1.82, 2.24) is 9.97 Å². The number of aliphatic hydroxyl groups excluding tert-OH is 1. The van der Waals surface area contributed by atoms with Gasteiger partial charge < -0.3 is 20.5 Å². The highest BCUT2D eigenvalue weighted by atomic mass is 35.5. The summed E-state index contributed by atoms with van der Waals surface area (Å²) in [6.45, 7) is 2.95. The molecule has 0 aliphatic heterocycles. The molecular formula is C22H25ClN4O2. The van der Waals surface area contributed by atoms with E-state index in [0.717, 1.165) is 54.5 Å². The number of nitrogens with zero attached hydrogens (tertiary/aromatic N) is 2. The third-order valence-electron chi connectivity index (χ3n) is 4.15. The molecule has 1 heterocycles. The first-order valence-corrected chi connectivity index (χ1v) is 10.0. The van der Waals surface area contributed by atoms with Gasteiger partial charge in [-0.05, 0) is 74.7 Å². The lowest BCUT2D eigenvalue weighted by atomic mass is 10.2. The van der Waals surface area contributed by atoms with Gasteiger partial charge in [0.05, 0.1) is 0 Å². The normalized spacial score (nSPS) is 10.6. The lowest BCUT2D eigenvalue weighted by Crippen LogP contribution is -2.08. The van der Waals surface area contributed by atoms with Gasteiger partial charge in [0, 0.05) is 35.6 Å². The second-order valence-corrected chi connectivity index (χ2v) is 7.07. The molecule has 2 aromatic carbocycles. The van der Waals surface area contributed by atoms with Crippen molar-refractivity contribution in [3.05, 3.63) is 65.3 Å². The number of hydrogen-bond acceptors (Lipinski definition) is 6. The van der Waals surface area contributed by atoms with Crippen molar-refractivity contribution in [2.75, 3.05) is 23.8 Å². The molecule has 7 heteroatoms. The second-order valence-electron chi connectivity index (χ2n) is 6.63. The van der Waals surface area contributed by atoms with E-state index in [1.54, 1.807) is 12.1 Å². The summed E-state index contributed by atoms with van der Waals surface area (Å²) in [5, 5.41) is 16.0. The van der Waals surface area contributed by atoms with Gasteiger partial charge in [-0.2, -0.15) is 4.98 Å². The lowest BCUT2D eigenvalue weighted by molar-refractivity contribution is 0.283. The summed E-state index contributed by atoms with van der Waals surface area (Å²) >= 11 is 5.89. The molecule has 3 aromatic rings. The molecule has 29 heavy (non-hydrogen) atoms. The number of halogens is 1. The number of aliphatic hydroxyl groups is 1. The molecule has 0 aliphatic rings. The van der Waals surface area contributed by atoms with Gasteiger partial charge in [0.15, 0.2) is 0 Å². The molecule has 0 saturated heterocycles. The first-order chi connectivity index (χ1) is 14.1. The van der Waals surface area contributed by atoms with E-state index in [9.17, 15) is 0 Å². The van der Waals surface area contributed by atoms with Crippen LogP contribution in [0.3, 0.4) is 0 Å². The molecule has 0 radical (unpaired) electrons. The fourth-order valence-corrected chi connectivity index (χ4v) is 2.84. The predicted octanol–water partition coefficient (Wildman–Crippen LogP) is 5.55. The Hall–Kier alpha value is -2.83. The molecule has 0 saturated carbocycles. The highest BCUT2D eigenvalue weighted by Gasteiger charge is 2.04. The van der Waals surface area contributed by atoms with Gasteiger partial charge in [-0.1, -0.05) is 11.6 Å². The van der Waals surface area contributed by atoms with Crippen LogP contribution in [0.15, 0.2) is 54.6 Å². The number of aryl methyl sites for hydroxylation is 1. The SMILES string of the molecule is Cc1cc(Nc2ccc(Oc3ccc(Cl)cc3)cc2)nc(NCCCCCO)n1. The zero-order valence-corrected chi connectivity index (χ0v) is 17.1. The van der Waals surface area contributed by atoms with Crippen LogP contribution in [0.25, 0.3) is 0 Å². The van der Waals surface area contributed by atoms with E-state index >= 15 is 0 Å². The van der Waals surface area contributed by atoms with Crippen molar-refractivity contribution in [3.63, 3.8) is 0 Å². The maximum absolute atomic E-state index is 8.83. The van der Waals surface area contributed by atoms with Crippen molar-refractivity contribution in [2.45, 2.75) is 26.2 Å². The van der Waals surface area contributed by atoms with Crippen molar-refractivity contribution < 1.29 is 9.84 Å². The van der Waals surface area contributed by atoms with Crippen LogP contribution >= 0.6 is 11.6 Å². The largest absolute Gasteiger partial charge is 0.457 e. The molecule has 0 atom stereocenters. The van der Waals surface area contributed by atoms with Crippen molar-refractivity contribution in [1.29, 1.82) is 0 Å². The van der Waals surface area contributed by atoms with Crippen LogP contribution in [-0.4, -0.2) is 28.2 Å². The molecule has 3 N–H and O–H groups in total. The first kappa shape index (κ1) is 20.9. The first-order valence-electron chi connectivity index (χ1n) is 9.63. The summed E-state index contributed by atoms with van der Waals surface area (Å²) in [7, 11) is 0. The molecule has 0 fully saturated rings. The predicted molar refractivity (Wildman–Crippen MR) is 117 cm³/mol. The average Bonchev–Trinajstić information content (AvgIpc) is 2.71. The Morgan fingerprint density at radius 3 is 2.31 bits per heavy atom. The number of hydrogen-bond donors (Lipinski definition) is 3.